The van der Waals surface area contributed by atoms with Crippen molar-refractivity contribution in [1.82, 2.24) is 25.1 Å². The third-order valence-electron chi connectivity index (χ3n) is 2.23. The molecule has 0 bridgehead atoms. The normalized spacial score (nSPS) is 10.2. The van der Waals surface area contributed by atoms with Crippen molar-refractivity contribution >= 4 is 5.91 Å². The summed E-state index contributed by atoms with van der Waals surface area (Å²) in [5.41, 5.74) is 0.186. The van der Waals surface area contributed by atoms with E-state index in [-0.39, 0.29) is 11.5 Å². The number of aromatic nitrogens is 4. The molecule has 1 amide bonds. The first-order valence-corrected chi connectivity index (χ1v) is 4.95. The Balaban J connectivity index is 2.09. The highest BCUT2D eigenvalue weighted by molar-refractivity contribution is 5.93. The monoisotopic (exact) mass is 233 g/mol. The van der Waals surface area contributed by atoms with Gasteiger partial charge in [0.05, 0.1) is 12.1 Å². The number of nitrogens with one attached hydrogen (secondary N) is 2. The van der Waals surface area contributed by atoms with Crippen LogP contribution in [-0.4, -0.2) is 38.0 Å². The predicted octanol–water partition coefficient (Wildman–Crippen LogP) is -0.235. The lowest BCUT2D eigenvalue weighted by molar-refractivity contribution is 0.0781. The molecule has 0 atom stereocenters. The van der Waals surface area contributed by atoms with Crippen molar-refractivity contribution < 1.29 is 4.79 Å². The average Bonchev–Trinajstić information content (AvgIpc) is 2.82. The summed E-state index contributed by atoms with van der Waals surface area (Å²) >= 11 is 0. The highest BCUT2D eigenvalue weighted by Gasteiger charge is 2.12. The van der Waals surface area contributed by atoms with Crippen LogP contribution in [0.25, 0.3) is 0 Å². The zero-order valence-corrected chi connectivity index (χ0v) is 9.17. The van der Waals surface area contributed by atoms with Gasteiger partial charge in [0.2, 0.25) is 5.56 Å². The van der Waals surface area contributed by atoms with E-state index >= 15 is 0 Å². The number of hydrogen-bond acceptors (Lipinski definition) is 4. The summed E-state index contributed by atoms with van der Waals surface area (Å²) in [5.74, 6) is 0.405. The fraction of sp³-hybridized carbons (Fsp3) is 0.200. The van der Waals surface area contributed by atoms with E-state index in [1.165, 1.54) is 29.6 Å². The molecule has 2 N–H and O–H groups in total. The van der Waals surface area contributed by atoms with E-state index < -0.39 is 0 Å². The molecule has 0 saturated heterocycles. The van der Waals surface area contributed by atoms with E-state index in [1.54, 1.807) is 7.05 Å². The molecule has 7 heteroatoms. The fourth-order valence-electron chi connectivity index (χ4n) is 1.37. The van der Waals surface area contributed by atoms with Gasteiger partial charge in [-0.1, -0.05) is 0 Å². The molecule has 0 saturated carbocycles. The minimum absolute atomic E-state index is 0.197. The van der Waals surface area contributed by atoms with Crippen LogP contribution in [0.1, 0.15) is 16.2 Å². The molecule has 0 aliphatic heterocycles. The van der Waals surface area contributed by atoms with Crippen LogP contribution < -0.4 is 5.56 Å². The molecule has 0 aromatic carbocycles. The molecule has 0 spiro atoms. The van der Waals surface area contributed by atoms with Gasteiger partial charge in [-0.15, -0.1) is 0 Å². The first-order valence-electron chi connectivity index (χ1n) is 4.95. The molecule has 0 unspecified atom stereocenters. The Labute approximate surface area is 96.5 Å². The van der Waals surface area contributed by atoms with Gasteiger partial charge in [-0.3, -0.25) is 14.7 Å². The first kappa shape index (κ1) is 11.1. The van der Waals surface area contributed by atoms with Gasteiger partial charge in [0.1, 0.15) is 12.2 Å². The Hall–Kier alpha value is -2.44. The van der Waals surface area contributed by atoms with Crippen LogP contribution in [0.2, 0.25) is 0 Å². The Morgan fingerprint density at radius 2 is 2.29 bits per heavy atom. The largest absolute Gasteiger partial charge is 0.334 e. The maximum Gasteiger partial charge on any atom is 0.255 e. The second kappa shape index (κ2) is 4.60. The highest BCUT2D eigenvalue weighted by Crippen LogP contribution is 2.02. The Kier molecular flexibility index (Phi) is 2.99. The lowest BCUT2D eigenvalue weighted by atomic mass is 10.2. The Morgan fingerprint density at radius 3 is 2.88 bits per heavy atom. The second-order valence-electron chi connectivity index (χ2n) is 3.53. The number of rotatable bonds is 3. The smallest absolute Gasteiger partial charge is 0.255 e. The maximum absolute atomic E-state index is 11.9. The van der Waals surface area contributed by atoms with Crippen LogP contribution in [0.5, 0.6) is 0 Å². The van der Waals surface area contributed by atoms with Crippen molar-refractivity contribution in [3.63, 3.8) is 0 Å². The molecule has 2 aromatic rings. The van der Waals surface area contributed by atoms with Gasteiger partial charge in [0.15, 0.2) is 0 Å². The lowest BCUT2D eigenvalue weighted by Gasteiger charge is -2.15. The van der Waals surface area contributed by atoms with Crippen LogP contribution in [-0.2, 0) is 6.54 Å². The van der Waals surface area contributed by atoms with Crippen molar-refractivity contribution in [3.8, 4) is 0 Å². The summed E-state index contributed by atoms with van der Waals surface area (Å²) in [4.78, 5) is 30.7. The molecule has 2 heterocycles. The topological polar surface area (TPSA) is 94.7 Å². The van der Waals surface area contributed by atoms with Crippen molar-refractivity contribution in [3.05, 3.63) is 46.4 Å². The number of amides is 1. The molecule has 0 aliphatic rings. The van der Waals surface area contributed by atoms with Gasteiger partial charge in [-0.25, -0.2) is 4.98 Å². The quantitative estimate of drug-likeness (QED) is 0.765. The molecule has 0 radical (unpaired) electrons. The molecule has 0 aliphatic carbocycles. The highest BCUT2D eigenvalue weighted by atomic mass is 16.2. The van der Waals surface area contributed by atoms with Gasteiger partial charge in [-0.05, 0) is 6.07 Å². The summed E-state index contributed by atoms with van der Waals surface area (Å²) in [6, 6.07) is 2.80. The van der Waals surface area contributed by atoms with Crippen LogP contribution in [0.15, 0.2) is 29.5 Å². The van der Waals surface area contributed by atoms with Crippen molar-refractivity contribution in [1.29, 1.82) is 0 Å². The Morgan fingerprint density at radius 1 is 1.47 bits per heavy atom. The minimum Gasteiger partial charge on any atom is -0.334 e. The zero-order valence-electron chi connectivity index (χ0n) is 9.17. The molecule has 7 nitrogen and oxygen atoms in total. The number of carbonyl (C=O) groups excluding carboxylic acids is 1. The van der Waals surface area contributed by atoms with E-state index in [2.05, 4.69) is 20.2 Å². The van der Waals surface area contributed by atoms with Gasteiger partial charge in [0.25, 0.3) is 5.91 Å². The van der Waals surface area contributed by atoms with E-state index in [9.17, 15) is 9.59 Å². The molecular formula is C10H11N5O2. The van der Waals surface area contributed by atoms with Crippen molar-refractivity contribution in [2.75, 3.05) is 7.05 Å². The SMILES string of the molecule is CN(Cc1ncn[nH]1)C(=O)c1ccc(=O)[nH]c1. The molecule has 0 fully saturated rings. The molecule has 2 rings (SSSR count). The van der Waals surface area contributed by atoms with Gasteiger partial charge in [0, 0.05) is 19.3 Å². The third-order valence-corrected chi connectivity index (χ3v) is 2.23. The standard InChI is InChI=1S/C10H11N5O2/c1-15(5-8-12-6-13-14-8)10(17)7-2-3-9(16)11-4-7/h2-4,6H,5H2,1H3,(H,11,16)(H,12,13,14). The van der Waals surface area contributed by atoms with E-state index in [0.717, 1.165) is 0 Å². The number of pyridine rings is 1. The third kappa shape index (κ3) is 2.57. The van der Waals surface area contributed by atoms with Gasteiger partial charge >= 0.3 is 0 Å². The number of aromatic amines is 2. The molecule has 17 heavy (non-hydrogen) atoms. The summed E-state index contributed by atoms with van der Waals surface area (Å²) < 4.78 is 0. The van der Waals surface area contributed by atoms with Crippen LogP contribution >= 0.6 is 0 Å². The molecule has 88 valence electrons. The second-order valence-corrected chi connectivity index (χ2v) is 3.53. The van der Waals surface area contributed by atoms with E-state index in [1.807, 2.05) is 0 Å². The minimum atomic E-state index is -0.237. The van der Waals surface area contributed by atoms with Crippen LogP contribution in [0.3, 0.4) is 0 Å². The fourth-order valence-corrected chi connectivity index (χ4v) is 1.37. The summed E-state index contributed by atoms with van der Waals surface area (Å²) in [5, 5.41) is 6.37. The number of nitrogens with zero attached hydrogens (tertiary/aromatic N) is 3. The zero-order chi connectivity index (χ0) is 12.3. The van der Waals surface area contributed by atoms with Crippen LogP contribution in [0.4, 0.5) is 0 Å². The molecule has 2 aromatic heterocycles. The maximum atomic E-state index is 11.9. The summed E-state index contributed by atoms with van der Waals surface area (Å²) in [6.07, 6.45) is 2.77. The van der Waals surface area contributed by atoms with Crippen molar-refractivity contribution in [2.24, 2.45) is 0 Å². The first-order chi connectivity index (χ1) is 8.16. The Bertz CT molecular complexity index is 540. The summed E-state index contributed by atoms with van der Waals surface area (Å²) in [6.45, 7) is 0.331. The number of hydrogen-bond donors (Lipinski definition) is 2. The predicted molar refractivity (Wildman–Crippen MR) is 59.2 cm³/mol. The summed E-state index contributed by atoms with van der Waals surface area (Å²) in [7, 11) is 1.65. The number of carbonyl (C=O) groups is 1. The van der Waals surface area contributed by atoms with Gasteiger partial charge in [-0.2, -0.15) is 5.10 Å². The van der Waals surface area contributed by atoms with Crippen molar-refractivity contribution in [2.45, 2.75) is 6.54 Å². The molecular weight excluding hydrogens is 222 g/mol. The average molecular weight is 233 g/mol. The number of H-pyrrole nitrogens is 2. The van der Waals surface area contributed by atoms with Gasteiger partial charge < -0.3 is 9.88 Å². The van der Waals surface area contributed by atoms with Crippen LogP contribution in [0, 0.1) is 0 Å². The lowest BCUT2D eigenvalue weighted by Crippen LogP contribution is -2.27. The van der Waals surface area contributed by atoms with E-state index in [0.29, 0.717) is 17.9 Å². The van der Waals surface area contributed by atoms with E-state index in [4.69, 9.17) is 0 Å².